The van der Waals surface area contributed by atoms with Crippen molar-refractivity contribution in [3.63, 3.8) is 0 Å². The molecule has 0 saturated carbocycles. The van der Waals surface area contributed by atoms with Gasteiger partial charge in [0.25, 0.3) is 0 Å². The van der Waals surface area contributed by atoms with E-state index in [1.807, 2.05) is 0 Å². The van der Waals surface area contributed by atoms with E-state index in [1.165, 1.54) is 0 Å². The Morgan fingerprint density at radius 2 is 2.60 bits per heavy atom. The molecular formula is C3H6NO. The third-order valence-electron chi connectivity index (χ3n) is 0.694. The zero-order valence-electron chi connectivity index (χ0n) is 2.90. The Morgan fingerprint density at radius 3 is 2.60 bits per heavy atom. The van der Waals surface area contributed by atoms with Gasteiger partial charge in [-0.3, -0.25) is 0 Å². The summed E-state index contributed by atoms with van der Waals surface area (Å²) in [6, 6.07) is 0.329. The highest BCUT2D eigenvalue weighted by Gasteiger charge is 2.17. The first-order chi connectivity index (χ1) is 2.43. The van der Waals surface area contributed by atoms with Crippen LogP contribution in [0, 0.1) is 0 Å². The third-order valence-corrected chi connectivity index (χ3v) is 0.694. The fraction of sp³-hybridized carbons (Fsp3) is 1.00. The van der Waals surface area contributed by atoms with Gasteiger partial charge in [0, 0.05) is 12.6 Å². The maximum absolute atomic E-state index is 9.63. The Morgan fingerprint density at radius 1 is 2.00 bits per heavy atom. The molecular weight excluding hydrogens is 66.0 g/mol. The Bertz CT molecular complexity index is 33.9. The molecule has 0 spiro atoms. The lowest BCUT2D eigenvalue weighted by Crippen LogP contribution is -1.92. The molecule has 1 saturated heterocycles. The normalized spacial score (nSPS) is 34.2. The van der Waals surface area contributed by atoms with Crippen molar-refractivity contribution >= 4 is 0 Å². The molecule has 5 heavy (non-hydrogen) atoms. The minimum atomic E-state index is 0.0556. The molecule has 2 heteroatoms. The minimum Gasteiger partial charge on any atom is -0.309 e. The van der Waals surface area contributed by atoms with Gasteiger partial charge in [0.05, 0.1) is 6.61 Å². The van der Waals surface area contributed by atoms with Crippen LogP contribution in [0.5, 0.6) is 0 Å². The van der Waals surface area contributed by atoms with Gasteiger partial charge in [0.15, 0.2) is 0 Å². The molecule has 0 aromatic heterocycles. The van der Waals surface area contributed by atoms with Crippen molar-refractivity contribution in [3.05, 3.63) is 0 Å². The van der Waals surface area contributed by atoms with Crippen molar-refractivity contribution in [2.45, 2.75) is 6.04 Å². The lowest BCUT2D eigenvalue weighted by molar-refractivity contribution is 0.195. The predicted octanol–water partition coefficient (Wildman–Crippen LogP) is -0.611. The zero-order chi connectivity index (χ0) is 3.70. The smallest absolute Gasteiger partial charge is 0.0987 e. The summed E-state index contributed by atoms with van der Waals surface area (Å²) < 4.78 is 0. The van der Waals surface area contributed by atoms with E-state index in [0.717, 1.165) is 6.54 Å². The summed E-state index contributed by atoms with van der Waals surface area (Å²) in [7, 11) is 0. The first kappa shape index (κ1) is 3.12. The summed E-state index contributed by atoms with van der Waals surface area (Å²) in [6.07, 6.45) is 0. The Balaban J connectivity index is 2.00. The van der Waals surface area contributed by atoms with Crippen LogP contribution in [-0.2, 0) is 5.11 Å². The van der Waals surface area contributed by atoms with Crippen molar-refractivity contribution in [2.75, 3.05) is 13.2 Å². The second kappa shape index (κ2) is 0.954. The maximum Gasteiger partial charge on any atom is 0.0987 e. The van der Waals surface area contributed by atoms with Gasteiger partial charge in [0.1, 0.15) is 0 Å². The molecule has 0 bridgehead atoms. The number of hydrogen-bond donors (Lipinski definition) is 1. The van der Waals surface area contributed by atoms with E-state index in [-0.39, 0.29) is 6.61 Å². The second-order valence-corrected chi connectivity index (χ2v) is 1.27. The average molecular weight is 72.1 g/mol. The van der Waals surface area contributed by atoms with E-state index in [9.17, 15) is 5.11 Å². The Hall–Kier alpha value is -0.0800. The Kier molecular flexibility index (Phi) is 0.596. The number of hydrogen-bond acceptors (Lipinski definition) is 1. The average Bonchev–Trinajstić information content (AvgIpc) is 2.12. The predicted molar refractivity (Wildman–Crippen MR) is 17.3 cm³/mol. The second-order valence-electron chi connectivity index (χ2n) is 1.27. The van der Waals surface area contributed by atoms with Crippen LogP contribution >= 0.6 is 0 Å². The molecule has 0 amide bonds. The van der Waals surface area contributed by atoms with Gasteiger partial charge >= 0.3 is 0 Å². The third kappa shape index (κ3) is 0.597. The van der Waals surface area contributed by atoms with E-state index in [1.54, 1.807) is 0 Å². The number of rotatable bonds is 1. The summed E-state index contributed by atoms with van der Waals surface area (Å²) in [5.74, 6) is 0. The van der Waals surface area contributed by atoms with Gasteiger partial charge in [-0.2, -0.15) is 0 Å². The number of nitrogens with one attached hydrogen (secondary N) is 1. The van der Waals surface area contributed by atoms with Crippen LogP contribution in [0.25, 0.3) is 0 Å². The van der Waals surface area contributed by atoms with Crippen molar-refractivity contribution in [2.24, 2.45) is 0 Å². The van der Waals surface area contributed by atoms with Gasteiger partial charge in [0.2, 0.25) is 0 Å². The molecule has 2 nitrogen and oxygen atoms in total. The molecule has 1 atom stereocenters. The van der Waals surface area contributed by atoms with Crippen LogP contribution in [-0.4, -0.2) is 19.2 Å². The molecule has 1 rings (SSSR count). The fourth-order valence-electron chi connectivity index (χ4n) is 0.201. The molecule has 1 fully saturated rings. The van der Waals surface area contributed by atoms with Gasteiger partial charge in [-0.05, 0) is 0 Å². The molecule has 1 aliphatic heterocycles. The monoisotopic (exact) mass is 72.0 g/mol. The molecule has 29 valence electrons. The zero-order valence-corrected chi connectivity index (χ0v) is 2.90. The molecule has 0 aromatic rings. The van der Waals surface area contributed by atoms with Gasteiger partial charge in [-0.25, -0.2) is 5.11 Å². The van der Waals surface area contributed by atoms with Crippen LogP contribution in [0.4, 0.5) is 0 Å². The van der Waals surface area contributed by atoms with Crippen molar-refractivity contribution < 1.29 is 5.11 Å². The van der Waals surface area contributed by atoms with E-state index < -0.39 is 0 Å². The molecule has 1 aliphatic rings. The van der Waals surface area contributed by atoms with Crippen molar-refractivity contribution in [3.8, 4) is 0 Å². The highest BCUT2D eigenvalue weighted by Crippen LogP contribution is 1.91. The first-order valence-electron chi connectivity index (χ1n) is 1.75. The molecule has 1 heterocycles. The van der Waals surface area contributed by atoms with Crippen LogP contribution in [0.3, 0.4) is 0 Å². The molecule has 0 aromatic carbocycles. The van der Waals surface area contributed by atoms with Crippen LogP contribution in [0.2, 0.25) is 0 Å². The van der Waals surface area contributed by atoms with Crippen LogP contribution in [0.15, 0.2) is 0 Å². The van der Waals surface area contributed by atoms with Crippen LogP contribution in [0.1, 0.15) is 0 Å². The van der Waals surface area contributed by atoms with Gasteiger partial charge in [-0.1, -0.05) is 0 Å². The summed E-state index contributed by atoms with van der Waals surface area (Å²) in [5, 5.41) is 12.5. The standard InChI is InChI=1S/C3H6NO/c5-2-3-1-4-3/h3-4H,1-2H2. The van der Waals surface area contributed by atoms with E-state index in [4.69, 9.17) is 0 Å². The molecule has 1 radical (unpaired) electrons. The van der Waals surface area contributed by atoms with E-state index in [0.29, 0.717) is 6.04 Å². The Labute approximate surface area is 30.8 Å². The summed E-state index contributed by atoms with van der Waals surface area (Å²) in [4.78, 5) is 0. The van der Waals surface area contributed by atoms with Gasteiger partial charge in [-0.15, -0.1) is 0 Å². The largest absolute Gasteiger partial charge is 0.309 e. The fourth-order valence-corrected chi connectivity index (χ4v) is 0.201. The molecule has 1 N–H and O–H groups in total. The quantitative estimate of drug-likeness (QED) is 0.412. The minimum absolute atomic E-state index is 0.0556. The van der Waals surface area contributed by atoms with Crippen molar-refractivity contribution in [1.29, 1.82) is 0 Å². The lowest BCUT2D eigenvalue weighted by Gasteiger charge is -1.68. The van der Waals surface area contributed by atoms with Crippen LogP contribution < -0.4 is 5.32 Å². The highest BCUT2D eigenvalue weighted by atomic mass is 16.3. The summed E-state index contributed by atoms with van der Waals surface area (Å²) in [5.41, 5.74) is 0. The summed E-state index contributed by atoms with van der Waals surface area (Å²) >= 11 is 0. The van der Waals surface area contributed by atoms with Gasteiger partial charge < -0.3 is 5.32 Å². The molecule has 0 aliphatic carbocycles. The van der Waals surface area contributed by atoms with E-state index >= 15 is 0 Å². The lowest BCUT2D eigenvalue weighted by atomic mass is 10.5. The molecule has 1 unspecified atom stereocenters. The first-order valence-corrected chi connectivity index (χ1v) is 1.75. The highest BCUT2D eigenvalue weighted by molar-refractivity contribution is 4.80. The SMILES string of the molecule is [O]CC1CN1. The topological polar surface area (TPSA) is 41.8 Å². The van der Waals surface area contributed by atoms with E-state index in [2.05, 4.69) is 5.32 Å². The maximum atomic E-state index is 9.63. The summed E-state index contributed by atoms with van der Waals surface area (Å²) in [6.45, 7) is 1.00. The van der Waals surface area contributed by atoms with Crippen molar-refractivity contribution in [1.82, 2.24) is 5.32 Å².